The highest BCUT2D eigenvalue weighted by atomic mass is 16.2. The second kappa shape index (κ2) is 5.50. The van der Waals surface area contributed by atoms with Crippen molar-refractivity contribution in [1.82, 2.24) is 10.2 Å². The molecule has 88 valence electrons. The van der Waals surface area contributed by atoms with Crippen LogP contribution in [-0.2, 0) is 4.79 Å². The second-order valence-corrected chi connectivity index (χ2v) is 5.49. The molecule has 0 aromatic carbocycles. The third kappa shape index (κ3) is 5.78. The first kappa shape index (κ1) is 12.5. The molecular formula is C12H24N2O. The monoisotopic (exact) mass is 212 g/mol. The van der Waals surface area contributed by atoms with Crippen molar-refractivity contribution < 1.29 is 4.79 Å². The molecule has 0 radical (unpaired) electrons. The quantitative estimate of drug-likeness (QED) is 0.756. The topological polar surface area (TPSA) is 32.3 Å². The van der Waals surface area contributed by atoms with Gasteiger partial charge in [0.25, 0.3) is 0 Å². The highest BCUT2D eigenvalue weighted by Gasteiger charge is 2.17. The van der Waals surface area contributed by atoms with Crippen LogP contribution < -0.4 is 5.32 Å². The highest BCUT2D eigenvalue weighted by Crippen LogP contribution is 2.09. The predicted octanol–water partition coefficient (Wildman–Crippen LogP) is 1.78. The molecule has 0 spiro atoms. The Bertz CT molecular complexity index is 200. The van der Waals surface area contributed by atoms with Gasteiger partial charge in [0.05, 0.1) is 6.54 Å². The summed E-state index contributed by atoms with van der Waals surface area (Å²) in [4.78, 5) is 14.0. The number of nitrogens with zero attached hydrogens (tertiary/aromatic N) is 1. The van der Waals surface area contributed by atoms with Crippen molar-refractivity contribution in [3.8, 4) is 0 Å². The highest BCUT2D eigenvalue weighted by molar-refractivity contribution is 5.78. The maximum Gasteiger partial charge on any atom is 0.234 e. The molecular weight excluding hydrogens is 188 g/mol. The maximum absolute atomic E-state index is 11.7. The number of hydrogen-bond acceptors (Lipinski definition) is 2. The number of hydrogen-bond donors (Lipinski definition) is 1. The van der Waals surface area contributed by atoms with E-state index in [0.717, 1.165) is 13.1 Å². The maximum atomic E-state index is 11.7. The first-order chi connectivity index (χ1) is 6.97. The van der Waals surface area contributed by atoms with Gasteiger partial charge in [-0.25, -0.2) is 0 Å². The number of amides is 1. The molecule has 0 aromatic rings. The van der Waals surface area contributed by atoms with Gasteiger partial charge in [-0.15, -0.1) is 0 Å². The van der Waals surface area contributed by atoms with Crippen molar-refractivity contribution in [3.05, 3.63) is 0 Å². The lowest BCUT2D eigenvalue weighted by Gasteiger charge is -2.24. The lowest BCUT2D eigenvalue weighted by atomic mass is 10.1. The number of nitrogens with one attached hydrogen (secondary N) is 1. The largest absolute Gasteiger partial charge is 0.350 e. The average molecular weight is 212 g/mol. The summed E-state index contributed by atoms with van der Waals surface area (Å²) in [7, 11) is 0. The van der Waals surface area contributed by atoms with E-state index in [1.165, 1.54) is 25.7 Å². The third-order valence-electron chi connectivity index (χ3n) is 2.58. The zero-order chi connectivity index (χ0) is 11.3. The van der Waals surface area contributed by atoms with Crippen LogP contribution in [0.1, 0.15) is 46.5 Å². The Kier molecular flexibility index (Phi) is 4.58. The van der Waals surface area contributed by atoms with E-state index in [9.17, 15) is 4.79 Å². The van der Waals surface area contributed by atoms with Crippen molar-refractivity contribution in [2.45, 2.75) is 52.0 Å². The lowest BCUT2D eigenvalue weighted by molar-refractivity contribution is -0.123. The molecule has 1 N–H and O–H groups in total. The number of carbonyl (C=O) groups excluding carboxylic acids is 1. The average Bonchev–Trinajstić information content (AvgIpc) is 2.28. The Morgan fingerprint density at radius 1 is 1.13 bits per heavy atom. The van der Waals surface area contributed by atoms with Crippen molar-refractivity contribution >= 4 is 5.91 Å². The van der Waals surface area contributed by atoms with Gasteiger partial charge in [0, 0.05) is 5.54 Å². The number of carbonyl (C=O) groups is 1. The number of likely N-dealkylation sites (tertiary alicyclic amines) is 1. The van der Waals surface area contributed by atoms with Gasteiger partial charge in [-0.05, 0) is 46.7 Å². The standard InChI is InChI=1S/C12H24N2O/c1-12(2,3)13-11(15)10-14-8-6-4-5-7-9-14/h4-10H2,1-3H3,(H,13,15). The van der Waals surface area contributed by atoms with Gasteiger partial charge in [-0.1, -0.05) is 12.8 Å². The molecule has 3 heteroatoms. The van der Waals surface area contributed by atoms with Crippen molar-refractivity contribution in [1.29, 1.82) is 0 Å². The van der Waals surface area contributed by atoms with E-state index in [1.807, 2.05) is 20.8 Å². The van der Waals surface area contributed by atoms with E-state index in [1.54, 1.807) is 0 Å². The normalized spacial score (nSPS) is 19.7. The SMILES string of the molecule is CC(C)(C)NC(=O)CN1CCCCCC1. The molecule has 0 atom stereocenters. The van der Waals surface area contributed by atoms with Crippen LogP contribution in [0.25, 0.3) is 0 Å². The van der Waals surface area contributed by atoms with E-state index in [-0.39, 0.29) is 11.4 Å². The Balaban J connectivity index is 2.30. The Morgan fingerprint density at radius 2 is 1.67 bits per heavy atom. The first-order valence-electron chi connectivity index (χ1n) is 6.01. The van der Waals surface area contributed by atoms with Crippen LogP contribution in [0.2, 0.25) is 0 Å². The van der Waals surface area contributed by atoms with Crippen LogP contribution in [0.4, 0.5) is 0 Å². The van der Waals surface area contributed by atoms with E-state index < -0.39 is 0 Å². The summed E-state index contributed by atoms with van der Waals surface area (Å²) in [6, 6.07) is 0. The molecule has 0 saturated carbocycles. The smallest absolute Gasteiger partial charge is 0.234 e. The predicted molar refractivity (Wildman–Crippen MR) is 62.8 cm³/mol. The van der Waals surface area contributed by atoms with Gasteiger partial charge in [0.15, 0.2) is 0 Å². The fourth-order valence-electron chi connectivity index (χ4n) is 1.96. The van der Waals surface area contributed by atoms with Crippen LogP contribution in [0, 0.1) is 0 Å². The molecule has 3 nitrogen and oxygen atoms in total. The molecule has 1 aliphatic heterocycles. The zero-order valence-corrected chi connectivity index (χ0v) is 10.3. The van der Waals surface area contributed by atoms with Gasteiger partial charge in [0.2, 0.25) is 5.91 Å². The summed E-state index contributed by atoms with van der Waals surface area (Å²) in [6.07, 6.45) is 5.11. The Hall–Kier alpha value is -0.570. The van der Waals surface area contributed by atoms with Crippen molar-refractivity contribution in [2.24, 2.45) is 0 Å². The summed E-state index contributed by atoms with van der Waals surface area (Å²) in [5, 5.41) is 3.01. The summed E-state index contributed by atoms with van der Waals surface area (Å²) in [5.74, 6) is 0.157. The summed E-state index contributed by atoms with van der Waals surface area (Å²) >= 11 is 0. The van der Waals surface area contributed by atoms with Crippen molar-refractivity contribution in [3.63, 3.8) is 0 Å². The van der Waals surface area contributed by atoms with Gasteiger partial charge in [-0.2, -0.15) is 0 Å². The Labute approximate surface area is 93.2 Å². The first-order valence-corrected chi connectivity index (χ1v) is 6.01. The Morgan fingerprint density at radius 3 is 2.13 bits per heavy atom. The van der Waals surface area contributed by atoms with E-state index in [4.69, 9.17) is 0 Å². The molecule has 0 aromatic heterocycles. The van der Waals surface area contributed by atoms with Crippen LogP contribution in [0.15, 0.2) is 0 Å². The molecule has 0 bridgehead atoms. The summed E-state index contributed by atoms with van der Waals surface area (Å²) in [6.45, 7) is 8.79. The van der Waals surface area contributed by atoms with Crippen LogP contribution >= 0.6 is 0 Å². The number of rotatable bonds is 2. The molecule has 1 fully saturated rings. The van der Waals surface area contributed by atoms with Crippen LogP contribution in [0.5, 0.6) is 0 Å². The summed E-state index contributed by atoms with van der Waals surface area (Å²) < 4.78 is 0. The van der Waals surface area contributed by atoms with Crippen molar-refractivity contribution in [2.75, 3.05) is 19.6 Å². The zero-order valence-electron chi connectivity index (χ0n) is 10.3. The molecule has 1 saturated heterocycles. The fraction of sp³-hybridized carbons (Fsp3) is 0.917. The minimum atomic E-state index is -0.108. The third-order valence-corrected chi connectivity index (χ3v) is 2.58. The lowest BCUT2D eigenvalue weighted by Crippen LogP contribution is -2.46. The second-order valence-electron chi connectivity index (χ2n) is 5.49. The molecule has 1 rings (SSSR count). The summed E-state index contributed by atoms with van der Waals surface area (Å²) in [5.41, 5.74) is -0.108. The van der Waals surface area contributed by atoms with E-state index >= 15 is 0 Å². The van der Waals surface area contributed by atoms with Gasteiger partial charge in [-0.3, -0.25) is 9.69 Å². The van der Waals surface area contributed by atoms with Crippen LogP contribution in [0.3, 0.4) is 0 Å². The van der Waals surface area contributed by atoms with Gasteiger partial charge >= 0.3 is 0 Å². The minimum Gasteiger partial charge on any atom is -0.350 e. The van der Waals surface area contributed by atoms with E-state index in [2.05, 4.69) is 10.2 Å². The molecule has 0 aliphatic carbocycles. The molecule has 15 heavy (non-hydrogen) atoms. The molecule has 0 unspecified atom stereocenters. The van der Waals surface area contributed by atoms with E-state index in [0.29, 0.717) is 6.54 Å². The van der Waals surface area contributed by atoms with Gasteiger partial charge < -0.3 is 5.32 Å². The minimum absolute atomic E-state index is 0.108. The van der Waals surface area contributed by atoms with Gasteiger partial charge in [0.1, 0.15) is 0 Å². The fourth-order valence-corrected chi connectivity index (χ4v) is 1.96. The molecule has 1 amide bonds. The van der Waals surface area contributed by atoms with Crippen LogP contribution in [-0.4, -0.2) is 36.0 Å². The molecule has 1 aliphatic rings. The molecule has 1 heterocycles.